The lowest BCUT2D eigenvalue weighted by Gasteiger charge is -2.07. The monoisotopic (exact) mass is 238 g/mol. The van der Waals surface area contributed by atoms with E-state index in [-0.39, 0.29) is 0 Å². The second-order valence-electron chi connectivity index (χ2n) is 4.00. The lowest BCUT2D eigenvalue weighted by atomic mass is 10.1. The lowest BCUT2D eigenvalue weighted by Crippen LogP contribution is -2.13. The number of rotatable bonds is 4. The molecule has 2 aromatic rings. The van der Waals surface area contributed by atoms with E-state index >= 15 is 0 Å². The van der Waals surface area contributed by atoms with E-state index in [1.165, 1.54) is 0 Å². The van der Waals surface area contributed by atoms with Gasteiger partial charge in [0.25, 0.3) is 0 Å². The van der Waals surface area contributed by atoms with Crippen molar-refractivity contribution in [1.29, 1.82) is 5.26 Å². The number of nitrogens with zero attached hydrogens (tertiary/aromatic N) is 1. The van der Waals surface area contributed by atoms with Crippen molar-refractivity contribution < 1.29 is 5.11 Å². The number of hydrogen-bond acceptors (Lipinski definition) is 3. The van der Waals surface area contributed by atoms with Gasteiger partial charge in [-0.1, -0.05) is 36.4 Å². The fourth-order valence-corrected chi connectivity index (χ4v) is 1.78. The Bertz CT molecular complexity index is 573. The van der Waals surface area contributed by atoms with Crippen LogP contribution in [0.5, 0.6) is 5.75 Å². The van der Waals surface area contributed by atoms with Gasteiger partial charge in [0.1, 0.15) is 5.75 Å². The highest BCUT2D eigenvalue weighted by Crippen LogP contribution is 2.15. The molecule has 2 N–H and O–H groups in total. The number of phenols is 1. The van der Waals surface area contributed by atoms with Crippen LogP contribution >= 0.6 is 0 Å². The van der Waals surface area contributed by atoms with Crippen molar-refractivity contribution >= 4 is 0 Å². The Kier molecular flexibility index (Phi) is 3.95. The molecule has 0 heterocycles. The summed E-state index contributed by atoms with van der Waals surface area (Å²) < 4.78 is 0. The molecule has 0 aliphatic heterocycles. The van der Waals surface area contributed by atoms with Crippen LogP contribution in [0.25, 0.3) is 0 Å². The third kappa shape index (κ3) is 2.88. The molecule has 0 aliphatic rings. The summed E-state index contributed by atoms with van der Waals surface area (Å²) in [5.41, 5.74) is 2.50. The Morgan fingerprint density at radius 2 is 1.56 bits per heavy atom. The van der Waals surface area contributed by atoms with Crippen LogP contribution < -0.4 is 5.32 Å². The maximum atomic E-state index is 9.62. The second-order valence-corrected chi connectivity index (χ2v) is 4.00. The summed E-state index contributed by atoms with van der Waals surface area (Å²) in [6.07, 6.45) is 0. The van der Waals surface area contributed by atoms with Crippen molar-refractivity contribution in [3.63, 3.8) is 0 Å². The smallest absolute Gasteiger partial charge is 0.120 e. The van der Waals surface area contributed by atoms with Crippen LogP contribution in [-0.2, 0) is 13.1 Å². The maximum absolute atomic E-state index is 9.62. The van der Waals surface area contributed by atoms with Crippen molar-refractivity contribution in [3.05, 3.63) is 65.2 Å². The summed E-state index contributed by atoms with van der Waals surface area (Å²) in [6, 6.07) is 16.9. The molecule has 3 nitrogen and oxygen atoms in total. The first-order valence-electron chi connectivity index (χ1n) is 5.77. The number of hydrogen-bond donors (Lipinski definition) is 2. The number of nitrogens with one attached hydrogen (secondary N) is 1. The summed E-state index contributed by atoms with van der Waals surface area (Å²) in [7, 11) is 0. The van der Waals surface area contributed by atoms with Crippen LogP contribution in [0.1, 0.15) is 16.7 Å². The average Bonchev–Trinajstić information content (AvgIpc) is 2.41. The molecule has 0 saturated carbocycles. The molecule has 0 unspecified atom stereocenters. The molecule has 0 aromatic heterocycles. The average molecular weight is 238 g/mol. The van der Waals surface area contributed by atoms with Gasteiger partial charge < -0.3 is 10.4 Å². The Balaban J connectivity index is 1.97. The van der Waals surface area contributed by atoms with Crippen LogP contribution in [0, 0.1) is 11.3 Å². The quantitative estimate of drug-likeness (QED) is 0.860. The predicted molar refractivity (Wildman–Crippen MR) is 69.8 cm³/mol. The Hall–Kier alpha value is -2.31. The lowest BCUT2D eigenvalue weighted by molar-refractivity contribution is 0.464. The zero-order valence-electron chi connectivity index (χ0n) is 9.93. The van der Waals surface area contributed by atoms with Gasteiger partial charge in [0.05, 0.1) is 11.6 Å². The molecule has 0 saturated heterocycles. The van der Waals surface area contributed by atoms with Crippen molar-refractivity contribution in [3.8, 4) is 11.8 Å². The fourth-order valence-electron chi connectivity index (χ4n) is 1.78. The van der Waals surface area contributed by atoms with Crippen LogP contribution in [-0.4, -0.2) is 5.11 Å². The van der Waals surface area contributed by atoms with Gasteiger partial charge in [0.15, 0.2) is 0 Å². The predicted octanol–water partition coefficient (Wildman–Crippen LogP) is 2.55. The van der Waals surface area contributed by atoms with Crippen LogP contribution in [0.4, 0.5) is 0 Å². The summed E-state index contributed by atoms with van der Waals surface area (Å²) in [6.45, 7) is 1.19. The fraction of sp³-hybridized carbons (Fsp3) is 0.133. The van der Waals surface area contributed by atoms with Crippen molar-refractivity contribution in [2.75, 3.05) is 0 Å². The normalized spacial score (nSPS) is 9.94. The molecule has 2 aromatic carbocycles. The van der Waals surface area contributed by atoms with E-state index < -0.39 is 0 Å². The molecule has 0 aliphatic carbocycles. The van der Waals surface area contributed by atoms with Gasteiger partial charge in [-0.3, -0.25) is 0 Å². The number of aromatic hydroxyl groups is 1. The van der Waals surface area contributed by atoms with E-state index in [1.54, 1.807) is 18.2 Å². The molecule has 90 valence electrons. The van der Waals surface area contributed by atoms with Crippen LogP contribution in [0.3, 0.4) is 0 Å². The molecule has 0 spiro atoms. The van der Waals surface area contributed by atoms with Gasteiger partial charge in [0.2, 0.25) is 0 Å². The highest BCUT2D eigenvalue weighted by atomic mass is 16.3. The Morgan fingerprint density at radius 1 is 0.944 bits per heavy atom. The maximum Gasteiger partial charge on any atom is 0.120 e. The molecule has 0 radical (unpaired) electrons. The van der Waals surface area contributed by atoms with Gasteiger partial charge in [-0.15, -0.1) is 0 Å². The molecule has 0 bridgehead atoms. The zero-order valence-corrected chi connectivity index (χ0v) is 9.93. The van der Waals surface area contributed by atoms with Gasteiger partial charge in [-0.05, 0) is 17.7 Å². The first-order valence-corrected chi connectivity index (χ1v) is 5.77. The summed E-state index contributed by atoms with van der Waals surface area (Å²) in [4.78, 5) is 0. The minimum absolute atomic E-state index is 0.290. The number of para-hydroxylation sites is 1. The Morgan fingerprint density at radius 3 is 2.28 bits per heavy atom. The number of nitriles is 1. The molecule has 0 fully saturated rings. The first kappa shape index (κ1) is 12.2. The second kappa shape index (κ2) is 5.85. The topological polar surface area (TPSA) is 56.0 Å². The molecule has 3 heteroatoms. The highest BCUT2D eigenvalue weighted by molar-refractivity contribution is 5.37. The van der Waals surface area contributed by atoms with E-state index in [9.17, 15) is 5.11 Å². The third-order valence-electron chi connectivity index (χ3n) is 2.76. The van der Waals surface area contributed by atoms with Crippen LogP contribution in [0.2, 0.25) is 0 Å². The molecule has 0 amide bonds. The Labute approximate surface area is 106 Å². The van der Waals surface area contributed by atoms with E-state index in [0.29, 0.717) is 24.4 Å². The van der Waals surface area contributed by atoms with E-state index in [0.717, 1.165) is 11.1 Å². The van der Waals surface area contributed by atoms with Crippen molar-refractivity contribution in [2.45, 2.75) is 13.1 Å². The molecular formula is C15H14N2O. The molecule has 18 heavy (non-hydrogen) atoms. The minimum atomic E-state index is 0.290. The van der Waals surface area contributed by atoms with Crippen LogP contribution in [0.15, 0.2) is 48.5 Å². The molecule has 0 atom stereocenters. The largest absolute Gasteiger partial charge is 0.508 e. The van der Waals surface area contributed by atoms with E-state index in [2.05, 4.69) is 11.4 Å². The summed E-state index contributed by atoms with van der Waals surface area (Å²) >= 11 is 0. The zero-order chi connectivity index (χ0) is 12.8. The van der Waals surface area contributed by atoms with E-state index in [1.807, 2.05) is 30.3 Å². The van der Waals surface area contributed by atoms with Gasteiger partial charge in [0, 0.05) is 18.7 Å². The number of benzene rings is 2. The number of phenolic OH excluding ortho intramolecular Hbond substituents is 1. The molecule has 2 rings (SSSR count). The SMILES string of the molecule is N#Cc1ccccc1CNCc1ccccc1O. The van der Waals surface area contributed by atoms with Crippen molar-refractivity contribution in [1.82, 2.24) is 5.32 Å². The third-order valence-corrected chi connectivity index (χ3v) is 2.76. The summed E-state index contributed by atoms with van der Waals surface area (Å²) in [5, 5.41) is 21.8. The minimum Gasteiger partial charge on any atom is -0.508 e. The van der Waals surface area contributed by atoms with Gasteiger partial charge in [-0.2, -0.15) is 5.26 Å². The standard InChI is InChI=1S/C15H14N2O/c16-9-12-5-1-2-6-13(12)10-17-11-14-7-3-4-8-15(14)18/h1-8,17-18H,10-11H2. The highest BCUT2D eigenvalue weighted by Gasteiger charge is 2.02. The van der Waals surface area contributed by atoms with Gasteiger partial charge >= 0.3 is 0 Å². The first-order chi connectivity index (χ1) is 8.81. The van der Waals surface area contributed by atoms with Gasteiger partial charge in [-0.25, -0.2) is 0 Å². The summed E-state index contributed by atoms with van der Waals surface area (Å²) in [5.74, 6) is 0.290. The molecular weight excluding hydrogens is 224 g/mol. The van der Waals surface area contributed by atoms with E-state index in [4.69, 9.17) is 5.26 Å². The van der Waals surface area contributed by atoms with Crippen molar-refractivity contribution in [2.24, 2.45) is 0 Å².